The molecule has 3 aromatic rings. The lowest BCUT2D eigenvalue weighted by molar-refractivity contribution is -0.150. The number of esters is 4. The number of nitrogens with zero attached hydrogens (tertiary/aromatic N) is 3. The highest BCUT2D eigenvalue weighted by molar-refractivity contribution is 6.87. The first-order valence-electron chi connectivity index (χ1n) is 30.1. The van der Waals surface area contributed by atoms with Gasteiger partial charge in [-0.05, 0) is 181 Å². The topological polar surface area (TPSA) is 198 Å². The predicted octanol–water partition coefficient (Wildman–Crippen LogP) is 14.2. The number of rotatable bonds is 27. The third kappa shape index (κ3) is 21.9. The molecular weight excluding hydrogens is 1060 g/mol. The molecule has 3 N–H and O–H groups in total. The molecule has 4 saturated carbocycles. The zero-order chi connectivity index (χ0) is 57.0. The Morgan fingerprint density at radius 2 is 0.750 bits per heavy atom. The Kier molecular flexibility index (Phi) is 24.0. The van der Waals surface area contributed by atoms with E-state index in [1.54, 1.807) is 12.2 Å². The van der Waals surface area contributed by atoms with E-state index >= 15 is 0 Å². The molecule has 0 spiro atoms. The molecule has 4 aliphatic rings. The summed E-state index contributed by atoms with van der Waals surface area (Å²) < 4.78 is 36.6. The quantitative estimate of drug-likeness (QED) is 0.0124. The fraction of sp³-hybridized carbons (Fsp3) is 0.623. The van der Waals surface area contributed by atoms with Crippen LogP contribution in [0.1, 0.15) is 146 Å². The van der Waals surface area contributed by atoms with Crippen molar-refractivity contribution in [2.45, 2.75) is 187 Å². The summed E-state index contributed by atoms with van der Waals surface area (Å²) in [6.07, 6.45) is 25.7. The van der Waals surface area contributed by atoms with Crippen molar-refractivity contribution in [1.82, 2.24) is 15.0 Å². The number of aromatic nitrogens is 3. The number of benzene rings is 2. The average Bonchev–Trinajstić information content (AvgIpc) is 3.44. The first-order chi connectivity index (χ1) is 38.3. The summed E-state index contributed by atoms with van der Waals surface area (Å²) in [5.41, 5.74) is 2.32. The Hall–Kier alpha value is -5.22. The molecule has 16 nitrogen and oxygen atoms in total. The molecule has 1 heterocycles. The summed E-state index contributed by atoms with van der Waals surface area (Å²) in [5, 5.41) is 10.1. The Bertz CT molecular complexity index is 2290. The fourth-order valence-electron chi connectivity index (χ4n) is 11.4. The number of nitrogens with one attached hydrogen (secondary N) is 3. The van der Waals surface area contributed by atoms with E-state index in [9.17, 15) is 19.2 Å². The molecule has 1 aromatic heterocycles. The number of ether oxygens (including phenoxy) is 4. The maximum Gasteiger partial charge on any atom is 0.345 e. The molecule has 7 rings (SSSR count). The van der Waals surface area contributed by atoms with Crippen LogP contribution in [0.2, 0.25) is 51.9 Å². The van der Waals surface area contributed by atoms with Gasteiger partial charge in [-0.3, -0.25) is 0 Å². The van der Waals surface area contributed by atoms with Crippen LogP contribution in [-0.4, -0.2) is 97.0 Å². The van der Waals surface area contributed by atoms with Crippen molar-refractivity contribution in [3.8, 4) is 0 Å². The third-order valence-electron chi connectivity index (χ3n) is 15.3. The van der Waals surface area contributed by atoms with Gasteiger partial charge in [-0.25, -0.2) is 19.2 Å². The van der Waals surface area contributed by atoms with E-state index in [2.05, 4.69) is 61.8 Å². The smallest absolute Gasteiger partial charge is 0.345 e. The van der Waals surface area contributed by atoms with Gasteiger partial charge < -0.3 is 43.1 Å². The lowest BCUT2D eigenvalue weighted by atomic mass is 9.90. The summed E-state index contributed by atoms with van der Waals surface area (Å²) in [4.78, 5) is 68.7. The minimum Gasteiger partial charge on any atom is -0.462 e. The first kappa shape index (κ1) is 62.4. The molecule has 2 aromatic carbocycles. The van der Waals surface area contributed by atoms with Crippen molar-refractivity contribution in [1.29, 1.82) is 0 Å². The summed E-state index contributed by atoms with van der Waals surface area (Å²) in [6, 6.07) is 15.4. The summed E-state index contributed by atoms with van der Waals surface area (Å²) in [5.74, 6) is -0.610. The SMILES string of the molecule is C[Si](C)(C)O[Si](C)(CCCNc1nc(Nc2ccc(C=C(C(=O)OCC3CCCCC3)C(=O)OCC3CCCCC3)cc2)nc(Nc2ccc(C=C(C(=O)OCC3CCCCC3)C(=O)OCC3CCCCC3)cc2)n1)O[Si](C)(C)C. The van der Waals surface area contributed by atoms with Crippen LogP contribution in [0.25, 0.3) is 12.2 Å². The van der Waals surface area contributed by atoms with Crippen LogP contribution in [0.5, 0.6) is 0 Å². The maximum atomic E-state index is 13.6. The lowest BCUT2D eigenvalue weighted by Gasteiger charge is -2.38. The van der Waals surface area contributed by atoms with Gasteiger partial charge in [-0.1, -0.05) is 101 Å². The standard InChI is InChI=1S/C61H92N6O10Si3/c1-78(2,3)76-80(7,77-79(4,5)6)38-20-37-62-59-65-60(63-51-33-29-45(30-34-51)39-53(55(68)72-41-47-21-12-8-13-22-47)56(69)73-42-48-23-14-9-15-24-48)67-61(66-59)64-52-35-31-46(32-36-52)40-54(57(70)74-43-49-25-16-10-17-26-49)58(71)75-44-50-27-18-11-19-28-50/h29-36,39-40,47-50H,8-28,37-38,41-44H2,1-7H3,(H3,62,63,64,65,66,67). The molecule has 0 aliphatic heterocycles. The second-order valence-corrected chi connectivity index (χ2v) is 37.8. The van der Waals surface area contributed by atoms with Gasteiger partial charge in [0.15, 0.2) is 16.6 Å². The van der Waals surface area contributed by atoms with Crippen LogP contribution in [0, 0.1) is 23.7 Å². The predicted molar refractivity (Wildman–Crippen MR) is 324 cm³/mol. The number of anilines is 5. The van der Waals surface area contributed by atoms with Gasteiger partial charge in [0.05, 0.1) is 26.4 Å². The fourth-order valence-corrected chi connectivity index (χ4v) is 24.0. The Morgan fingerprint density at radius 1 is 0.450 bits per heavy atom. The zero-order valence-electron chi connectivity index (χ0n) is 49.1. The van der Waals surface area contributed by atoms with Crippen LogP contribution in [0.4, 0.5) is 29.2 Å². The van der Waals surface area contributed by atoms with Crippen molar-refractivity contribution in [2.75, 3.05) is 48.9 Å². The van der Waals surface area contributed by atoms with Crippen LogP contribution in [0.3, 0.4) is 0 Å². The van der Waals surface area contributed by atoms with Gasteiger partial charge in [0.2, 0.25) is 17.8 Å². The highest BCUT2D eigenvalue weighted by Gasteiger charge is 2.40. The molecule has 0 radical (unpaired) electrons. The van der Waals surface area contributed by atoms with E-state index in [0.717, 1.165) is 115 Å². The molecule has 0 amide bonds. The maximum absolute atomic E-state index is 13.6. The monoisotopic (exact) mass is 1150 g/mol. The molecular formula is C61H92N6O10Si3. The van der Waals surface area contributed by atoms with Crippen molar-refractivity contribution in [2.24, 2.45) is 23.7 Å². The average molecular weight is 1150 g/mol. The Morgan fingerprint density at radius 3 is 1.05 bits per heavy atom. The highest BCUT2D eigenvalue weighted by Crippen LogP contribution is 2.30. The third-order valence-corrected chi connectivity index (χ3v) is 24.9. The molecule has 4 fully saturated rings. The van der Waals surface area contributed by atoms with Crippen molar-refractivity contribution < 1.29 is 46.4 Å². The molecule has 0 unspecified atom stereocenters. The van der Waals surface area contributed by atoms with Gasteiger partial charge in [0.1, 0.15) is 11.1 Å². The van der Waals surface area contributed by atoms with E-state index in [4.69, 9.17) is 42.1 Å². The minimum absolute atomic E-state index is 0.118. The first-order valence-corrected chi connectivity index (χ1v) is 39.4. The molecule has 0 bridgehead atoms. The number of hydrogen-bond donors (Lipinski definition) is 3. The van der Waals surface area contributed by atoms with E-state index < -0.39 is 49.1 Å². The van der Waals surface area contributed by atoms with Crippen molar-refractivity contribution >= 4 is 90.4 Å². The number of carbonyl (C=O) groups excluding carboxylic acids is 4. The van der Waals surface area contributed by atoms with Gasteiger partial charge in [0, 0.05) is 17.9 Å². The molecule has 0 saturated heterocycles. The van der Waals surface area contributed by atoms with Crippen molar-refractivity contribution in [3.63, 3.8) is 0 Å². The van der Waals surface area contributed by atoms with E-state index in [-0.39, 0.29) is 49.5 Å². The van der Waals surface area contributed by atoms with E-state index in [1.165, 1.54) is 25.7 Å². The Balaban J connectivity index is 1.09. The zero-order valence-corrected chi connectivity index (χ0v) is 52.1. The van der Waals surface area contributed by atoms with E-state index in [0.29, 0.717) is 58.7 Å². The van der Waals surface area contributed by atoms with Gasteiger partial charge in [-0.2, -0.15) is 15.0 Å². The second-order valence-electron chi connectivity index (χ2n) is 24.9. The Labute approximate surface area is 479 Å². The lowest BCUT2D eigenvalue weighted by Crippen LogP contribution is -2.52. The normalized spacial score (nSPS) is 17.1. The van der Waals surface area contributed by atoms with E-state index in [1.807, 2.05) is 48.5 Å². The molecule has 19 heteroatoms. The number of carbonyl (C=O) groups is 4. The minimum atomic E-state index is -2.49. The summed E-state index contributed by atoms with van der Waals surface area (Å²) in [7, 11) is -6.27. The van der Waals surface area contributed by atoms with Gasteiger partial charge in [-0.15, -0.1) is 0 Å². The van der Waals surface area contributed by atoms with Crippen LogP contribution >= 0.6 is 0 Å². The summed E-state index contributed by atoms with van der Waals surface area (Å²) in [6.45, 7) is 17.1. The summed E-state index contributed by atoms with van der Waals surface area (Å²) >= 11 is 0. The molecule has 0 atom stereocenters. The molecule has 438 valence electrons. The van der Waals surface area contributed by atoms with Crippen LogP contribution in [-0.2, 0) is 46.4 Å². The van der Waals surface area contributed by atoms with Crippen LogP contribution < -0.4 is 16.0 Å². The highest BCUT2D eigenvalue weighted by atomic mass is 28.5. The molecule has 4 aliphatic carbocycles. The largest absolute Gasteiger partial charge is 0.462 e. The second kappa shape index (κ2) is 30.7. The van der Waals surface area contributed by atoms with Gasteiger partial charge in [0.25, 0.3) is 0 Å². The number of hydrogen-bond acceptors (Lipinski definition) is 16. The van der Waals surface area contributed by atoms with Crippen LogP contribution in [0.15, 0.2) is 59.7 Å². The van der Waals surface area contributed by atoms with Crippen molar-refractivity contribution in [3.05, 3.63) is 70.8 Å². The van der Waals surface area contributed by atoms with Gasteiger partial charge >= 0.3 is 32.4 Å². The molecule has 80 heavy (non-hydrogen) atoms.